The largest absolute Gasteiger partial charge is 0.461 e. The molecule has 0 saturated heterocycles. The predicted molar refractivity (Wildman–Crippen MR) is 77.8 cm³/mol. The highest BCUT2D eigenvalue weighted by molar-refractivity contribution is 5.69. The maximum Gasteiger partial charge on any atom is 0.305 e. The van der Waals surface area contributed by atoms with Crippen molar-refractivity contribution in [3.8, 4) is 0 Å². The Labute approximate surface area is 116 Å². The van der Waals surface area contributed by atoms with Crippen LogP contribution in [-0.4, -0.2) is 12.1 Å². The van der Waals surface area contributed by atoms with E-state index < -0.39 is 0 Å². The highest BCUT2D eigenvalue weighted by Gasteiger charge is 2.41. The first-order chi connectivity index (χ1) is 8.85. The Hall–Kier alpha value is -1.05. The van der Waals surface area contributed by atoms with Gasteiger partial charge in [-0.3, -0.25) is 4.79 Å². The molecule has 2 aliphatic carbocycles. The van der Waals surface area contributed by atoms with Crippen LogP contribution in [0, 0.1) is 11.3 Å². The summed E-state index contributed by atoms with van der Waals surface area (Å²) in [6.07, 6.45) is 4.67. The number of hydrogen-bond acceptors (Lipinski definition) is 2. The number of allylic oxidation sites excluding steroid dienone is 2. The van der Waals surface area contributed by atoms with Crippen molar-refractivity contribution in [3.05, 3.63) is 23.3 Å². The lowest BCUT2D eigenvalue weighted by Gasteiger charge is -2.32. The molecule has 0 aliphatic heterocycles. The van der Waals surface area contributed by atoms with E-state index in [-0.39, 0.29) is 17.5 Å². The van der Waals surface area contributed by atoms with Crippen molar-refractivity contribution in [1.29, 1.82) is 0 Å². The van der Waals surface area contributed by atoms with Crippen LogP contribution in [0.5, 0.6) is 0 Å². The monoisotopic (exact) mass is 262 g/mol. The van der Waals surface area contributed by atoms with Crippen molar-refractivity contribution in [2.75, 3.05) is 0 Å². The van der Waals surface area contributed by atoms with Crippen LogP contribution in [0.15, 0.2) is 23.3 Å². The summed E-state index contributed by atoms with van der Waals surface area (Å²) in [5, 5.41) is 0. The van der Waals surface area contributed by atoms with Gasteiger partial charge >= 0.3 is 5.97 Å². The minimum atomic E-state index is -0.0939. The standard InChI is InChI=1S/C17H26O2/c1-6-16(18)19-15-9-12(3)13-8-7-11(2)14(13)10-17(15,4)5/h13,15H,3,6-10H2,1-2,4-5H3. The normalized spacial score (nSPS) is 30.0. The molecule has 0 aromatic rings. The molecule has 2 atom stereocenters. The first kappa shape index (κ1) is 14.4. The average Bonchev–Trinajstić information content (AvgIpc) is 2.65. The lowest BCUT2D eigenvalue weighted by atomic mass is 9.80. The molecule has 0 spiro atoms. The second kappa shape index (κ2) is 5.15. The highest BCUT2D eigenvalue weighted by atomic mass is 16.5. The third kappa shape index (κ3) is 2.77. The molecular weight excluding hydrogens is 236 g/mol. The first-order valence-electron chi connectivity index (χ1n) is 7.40. The van der Waals surface area contributed by atoms with Gasteiger partial charge in [0.05, 0.1) is 0 Å². The topological polar surface area (TPSA) is 26.3 Å². The van der Waals surface area contributed by atoms with Crippen LogP contribution in [0.3, 0.4) is 0 Å². The first-order valence-corrected chi connectivity index (χ1v) is 7.40. The van der Waals surface area contributed by atoms with Crippen LogP contribution in [-0.2, 0) is 9.53 Å². The fourth-order valence-corrected chi connectivity index (χ4v) is 3.42. The van der Waals surface area contributed by atoms with Crippen LogP contribution in [0.25, 0.3) is 0 Å². The lowest BCUT2D eigenvalue weighted by Crippen LogP contribution is -2.33. The molecule has 19 heavy (non-hydrogen) atoms. The zero-order valence-electron chi connectivity index (χ0n) is 12.7. The zero-order valence-corrected chi connectivity index (χ0v) is 12.7. The van der Waals surface area contributed by atoms with Gasteiger partial charge in [-0.2, -0.15) is 0 Å². The molecular formula is C17H26O2. The minimum Gasteiger partial charge on any atom is -0.461 e. The van der Waals surface area contributed by atoms with E-state index in [9.17, 15) is 4.79 Å². The summed E-state index contributed by atoms with van der Waals surface area (Å²) >= 11 is 0. The Bertz CT molecular complexity index is 429. The zero-order chi connectivity index (χ0) is 14.2. The highest BCUT2D eigenvalue weighted by Crippen LogP contribution is 2.49. The molecule has 106 valence electrons. The van der Waals surface area contributed by atoms with E-state index in [1.54, 1.807) is 5.57 Å². The molecule has 0 bridgehead atoms. The maximum absolute atomic E-state index is 11.6. The van der Waals surface area contributed by atoms with E-state index in [0.29, 0.717) is 12.3 Å². The summed E-state index contributed by atoms with van der Waals surface area (Å²) < 4.78 is 5.68. The van der Waals surface area contributed by atoms with Crippen molar-refractivity contribution >= 4 is 5.97 Å². The SMILES string of the molecule is C=C1CC(OC(=O)CC)C(C)(C)CC2=C(C)CCC12. The van der Waals surface area contributed by atoms with Crippen molar-refractivity contribution in [1.82, 2.24) is 0 Å². The number of esters is 1. The van der Waals surface area contributed by atoms with E-state index in [1.165, 1.54) is 24.0 Å². The van der Waals surface area contributed by atoms with E-state index >= 15 is 0 Å². The van der Waals surface area contributed by atoms with Crippen molar-refractivity contribution in [2.24, 2.45) is 11.3 Å². The molecule has 0 heterocycles. The second-order valence-electron chi connectivity index (χ2n) is 6.76. The molecule has 1 saturated carbocycles. The molecule has 2 unspecified atom stereocenters. The van der Waals surface area contributed by atoms with Crippen LogP contribution in [0.2, 0.25) is 0 Å². The summed E-state index contributed by atoms with van der Waals surface area (Å²) in [5.74, 6) is 0.438. The van der Waals surface area contributed by atoms with E-state index in [1.807, 2.05) is 6.92 Å². The number of carbonyl (C=O) groups is 1. The Morgan fingerprint density at radius 1 is 1.47 bits per heavy atom. The Kier molecular flexibility index (Phi) is 3.89. The van der Waals surface area contributed by atoms with Gasteiger partial charge in [-0.15, -0.1) is 0 Å². The van der Waals surface area contributed by atoms with Crippen molar-refractivity contribution in [2.45, 2.75) is 65.9 Å². The number of hydrogen-bond donors (Lipinski definition) is 0. The Balaban J connectivity index is 2.26. The molecule has 0 aromatic heterocycles. The number of fused-ring (bicyclic) bond motifs is 1. The number of rotatable bonds is 2. The third-order valence-electron chi connectivity index (χ3n) is 4.80. The summed E-state index contributed by atoms with van der Waals surface area (Å²) in [6, 6.07) is 0. The third-order valence-corrected chi connectivity index (χ3v) is 4.80. The summed E-state index contributed by atoms with van der Waals surface area (Å²) in [5.41, 5.74) is 4.35. The summed E-state index contributed by atoms with van der Waals surface area (Å²) in [7, 11) is 0. The Morgan fingerprint density at radius 2 is 2.16 bits per heavy atom. The molecule has 2 rings (SSSR count). The van der Waals surface area contributed by atoms with Crippen molar-refractivity contribution in [3.63, 3.8) is 0 Å². The van der Waals surface area contributed by atoms with E-state index in [0.717, 1.165) is 12.8 Å². The van der Waals surface area contributed by atoms with Crippen LogP contribution in [0.1, 0.15) is 59.8 Å². The quantitative estimate of drug-likeness (QED) is 0.544. The van der Waals surface area contributed by atoms with Gasteiger partial charge in [-0.1, -0.05) is 44.1 Å². The van der Waals surface area contributed by atoms with Gasteiger partial charge in [-0.25, -0.2) is 0 Å². The van der Waals surface area contributed by atoms with Crippen LogP contribution >= 0.6 is 0 Å². The molecule has 0 radical (unpaired) electrons. The van der Waals surface area contributed by atoms with Crippen LogP contribution < -0.4 is 0 Å². The molecule has 2 aliphatic rings. The molecule has 2 heteroatoms. The van der Waals surface area contributed by atoms with Gasteiger partial charge in [-0.05, 0) is 26.2 Å². The fraction of sp³-hybridized carbons (Fsp3) is 0.706. The molecule has 2 nitrogen and oxygen atoms in total. The Morgan fingerprint density at radius 3 is 2.79 bits per heavy atom. The smallest absolute Gasteiger partial charge is 0.305 e. The molecule has 0 N–H and O–H groups in total. The predicted octanol–water partition coefficient (Wildman–Crippen LogP) is 4.41. The molecule has 0 aromatic carbocycles. The maximum atomic E-state index is 11.6. The van der Waals surface area contributed by atoms with Gasteiger partial charge in [0.15, 0.2) is 0 Å². The number of ether oxygens (including phenoxy) is 1. The van der Waals surface area contributed by atoms with Gasteiger partial charge in [0.2, 0.25) is 0 Å². The summed E-state index contributed by atoms with van der Waals surface area (Å²) in [6.45, 7) is 12.8. The molecule has 0 amide bonds. The fourth-order valence-electron chi connectivity index (χ4n) is 3.42. The van der Waals surface area contributed by atoms with Gasteiger partial charge in [0, 0.05) is 24.2 Å². The molecule has 1 fully saturated rings. The van der Waals surface area contributed by atoms with E-state index in [4.69, 9.17) is 4.74 Å². The second-order valence-corrected chi connectivity index (χ2v) is 6.76. The summed E-state index contributed by atoms with van der Waals surface area (Å²) in [4.78, 5) is 11.6. The number of carbonyl (C=O) groups excluding carboxylic acids is 1. The lowest BCUT2D eigenvalue weighted by molar-refractivity contribution is -0.154. The average molecular weight is 262 g/mol. The van der Waals surface area contributed by atoms with Gasteiger partial charge < -0.3 is 4.74 Å². The van der Waals surface area contributed by atoms with Gasteiger partial charge in [0.25, 0.3) is 0 Å². The minimum absolute atomic E-state index is 0.00343. The van der Waals surface area contributed by atoms with E-state index in [2.05, 4.69) is 27.4 Å². The van der Waals surface area contributed by atoms with Crippen LogP contribution in [0.4, 0.5) is 0 Å². The van der Waals surface area contributed by atoms with Gasteiger partial charge in [0.1, 0.15) is 6.10 Å². The van der Waals surface area contributed by atoms with Crippen molar-refractivity contribution < 1.29 is 9.53 Å².